The first-order valence-corrected chi connectivity index (χ1v) is 10.4. The lowest BCUT2D eigenvalue weighted by molar-refractivity contribution is -0.109. The van der Waals surface area contributed by atoms with Crippen molar-refractivity contribution in [3.63, 3.8) is 0 Å². The fraction of sp³-hybridized carbons (Fsp3) is 0.391. The van der Waals surface area contributed by atoms with Gasteiger partial charge in [-0.2, -0.15) is 0 Å². The minimum atomic E-state index is -0.518. The van der Waals surface area contributed by atoms with E-state index in [4.69, 9.17) is 11.1 Å². The number of hydrogen-bond donors (Lipinski definition) is 4. The average Bonchev–Trinajstić information content (AvgIpc) is 2.77. The first-order chi connectivity index (χ1) is 14.9. The third-order valence-corrected chi connectivity index (χ3v) is 4.52. The van der Waals surface area contributed by atoms with Crippen LogP contribution < -0.4 is 16.4 Å². The highest BCUT2D eigenvalue weighted by molar-refractivity contribution is 6.43. The fourth-order valence-corrected chi connectivity index (χ4v) is 2.76. The van der Waals surface area contributed by atoms with Crippen molar-refractivity contribution in [1.82, 2.24) is 10.6 Å². The third kappa shape index (κ3) is 8.25. The Labute approximate surface area is 183 Å². The number of carbonyl (C=O) groups excluding carboxylic acids is 1. The van der Waals surface area contributed by atoms with Crippen molar-refractivity contribution >= 4 is 23.5 Å². The second-order valence-corrected chi connectivity index (χ2v) is 6.75. The molecule has 0 saturated carbocycles. The van der Waals surface area contributed by atoms with E-state index in [0.717, 1.165) is 12.8 Å². The number of rotatable bonds is 12. The lowest BCUT2D eigenvalue weighted by Crippen LogP contribution is -2.19. The standard InChI is InChI=1S/C23H33FN6O/c1-5-17(6-2)30-23(28-7-3)19-10-8-9-16(22(19)24)13-20(26)21(31)11-12-29-18(14-25)15-27-4/h7-12,15,17,26-27,29H,5-6,13-14,25H2,1-4H3/b12-11-,18-15+,26-20?,28-7?,30-23?. The Balaban J connectivity index is 3.03. The molecule has 168 valence electrons. The van der Waals surface area contributed by atoms with Crippen molar-refractivity contribution in [2.75, 3.05) is 13.6 Å². The van der Waals surface area contributed by atoms with Crippen LogP contribution in [0.25, 0.3) is 0 Å². The lowest BCUT2D eigenvalue weighted by Gasteiger charge is -2.12. The SMILES string of the molecule is CC=NC(=NC(CC)CC)c1cccc(CC(=N)C(=O)/C=C\N/C(=C/NC)CN)c1F. The molecule has 1 aromatic carbocycles. The molecule has 0 aliphatic rings. The molecule has 0 aliphatic carbocycles. The topological polar surface area (TPSA) is 116 Å². The van der Waals surface area contributed by atoms with Crippen LogP contribution in [0.15, 0.2) is 52.4 Å². The molecule has 8 heteroatoms. The number of amidine groups is 1. The number of nitrogens with zero attached hydrogens (tertiary/aromatic N) is 2. The highest BCUT2D eigenvalue weighted by Crippen LogP contribution is 2.17. The Morgan fingerprint density at radius 3 is 2.61 bits per heavy atom. The smallest absolute Gasteiger partial charge is 0.201 e. The van der Waals surface area contributed by atoms with Crippen LogP contribution in [0.3, 0.4) is 0 Å². The van der Waals surface area contributed by atoms with Crippen molar-refractivity contribution in [1.29, 1.82) is 5.41 Å². The summed E-state index contributed by atoms with van der Waals surface area (Å²) in [6, 6.07) is 4.92. The van der Waals surface area contributed by atoms with Gasteiger partial charge in [0, 0.05) is 50.4 Å². The molecule has 5 N–H and O–H groups in total. The Morgan fingerprint density at radius 2 is 2.03 bits per heavy atom. The summed E-state index contributed by atoms with van der Waals surface area (Å²) in [6.45, 7) is 6.06. The Bertz CT molecular complexity index is 869. The van der Waals surface area contributed by atoms with Gasteiger partial charge in [-0.15, -0.1) is 0 Å². The molecule has 0 fully saturated rings. The van der Waals surface area contributed by atoms with Gasteiger partial charge in [-0.3, -0.25) is 9.79 Å². The first kappa shape index (κ1) is 25.9. The highest BCUT2D eigenvalue weighted by atomic mass is 19.1. The van der Waals surface area contributed by atoms with Gasteiger partial charge in [0.15, 0.2) is 5.84 Å². The molecule has 0 aliphatic heterocycles. The van der Waals surface area contributed by atoms with E-state index in [9.17, 15) is 4.79 Å². The van der Waals surface area contributed by atoms with Crippen LogP contribution in [0, 0.1) is 11.2 Å². The number of carbonyl (C=O) groups is 1. The molecular weight excluding hydrogens is 395 g/mol. The molecule has 0 amide bonds. The van der Waals surface area contributed by atoms with Gasteiger partial charge in [0.05, 0.1) is 17.3 Å². The molecule has 1 rings (SSSR count). The van der Waals surface area contributed by atoms with Gasteiger partial charge >= 0.3 is 0 Å². The summed E-state index contributed by atoms with van der Waals surface area (Å²) in [5.74, 6) is -0.710. The Kier molecular flexibility index (Phi) is 11.7. The minimum Gasteiger partial charge on any atom is -0.393 e. The van der Waals surface area contributed by atoms with Gasteiger partial charge in [-0.1, -0.05) is 26.0 Å². The summed E-state index contributed by atoms with van der Waals surface area (Å²) < 4.78 is 15.2. The van der Waals surface area contributed by atoms with Gasteiger partial charge < -0.3 is 21.8 Å². The van der Waals surface area contributed by atoms with E-state index in [1.807, 2.05) is 13.8 Å². The normalized spacial score (nSPS) is 12.7. The van der Waals surface area contributed by atoms with Crippen LogP contribution in [-0.2, 0) is 11.2 Å². The molecule has 0 aromatic heterocycles. The van der Waals surface area contributed by atoms with Crippen LogP contribution in [-0.4, -0.2) is 43.2 Å². The average molecular weight is 429 g/mol. The molecule has 0 heterocycles. The molecule has 0 atom stereocenters. The molecule has 0 radical (unpaired) electrons. The monoisotopic (exact) mass is 428 g/mol. The molecule has 0 bridgehead atoms. The predicted molar refractivity (Wildman–Crippen MR) is 126 cm³/mol. The quantitative estimate of drug-likeness (QED) is 0.233. The van der Waals surface area contributed by atoms with E-state index in [1.54, 1.807) is 44.6 Å². The number of hydrogen-bond acceptors (Lipinski definition) is 6. The summed E-state index contributed by atoms with van der Waals surface area (Å²) in [4.78, 5) is 21.1. The summed E-state index contributed by atoms with van der Waals surface area (Å²) in [5.41, 5.74) is 6.54. The Hall–Kier alpha value is -3.13. The summed E-state index contributed by atoms with van der Waals surface area (Å²) in [7, 11) is 1.73. The van der Waals surface area contributed by atoms with Gasteiger partial charge in [-0.05, 0) is 31.4 Å². The van der Waals surface area contributed by atoms with Gasteiger partial charge in [-0.25, -0.2) is 9.38 Å². The predicted octanol–water partition coefficient (Wildman–Crippen LogP) is 3.11. The van der Waals surface area contributed by atoms with Crippen LogP contribution in [0.5, 0.6) is 0 Å². The highest BCUT2D eigenvalue weighted by Gasteiger charge is 2.17. The number of nitrogens with one attached hydrogen (secondary N) is 3. The van der Waals surface area contributed by atoms with Gasteiger partial charge in [0.2, 0.25) is 5.78 Å². The molecular formula is C23H33FN6O. The third-order valence-electron chi connectivity index (χ3n) is 4.52. The maximum atomic E-state index is 15.2. The van der Waals surface area contributed by atoms with Gasteiger partial charge in [0.25, 0.3) is 0 Å². The number of allylic oxidation sites excluding steroid dienone is 1. The summed E-state index contributed by atoms with van der Waals surface area (Å²) >= 11 is 0. The zero-order valence-corrected chi connectivity index (χ0v) is 18.7. The van der Waals surface area contributed by atoms with E-state index in [-0.39, 0.29) is 35.8 Å². The van der Waals surface area contributed by atoms with E-state index in [1.165, 1.54) is 12.3 Å². The summed E-state index contributed by atoms with van der Waals surface area (Å²) in [6.07, 6.45) is 7.41. The number of benzene rings is 1. The van der Waals surface area contributed by atoms with Crippen LogP contribution >= 0.6 is 0 Å². The zero-order chi connectivity index (χ0) is 23.2. The van der Waals surface area contributed by atoms with Crippen LogP contribution in [0.2, 0.25) is 0 Å². The molecule has 31 heavy (non-hydrogen) atoms. The number of halogens is 1. The van der Waals surface area contributed by atoms with E-state index < -0.39 is 11.6 Å². The maximum absolute atomic E-state index is 15.2. The van der Waals surface area contributed by atoms with E-state index >= 15 is 4.39 Å². The van der Waals surface area contributed by atoms with E-state index in [0.29, 0.717) is 11.5 Å². The number of ketones is 1. The second kappa shape index (κ2) is 14.0. The van der Waals surface area contributed by atoms with Crippen molar-refractivity contribution in [2.45, 2.75) is 46.1 Å². The molecule has 0 saturated heterocycles. The summed E-state index contributed by atoms with van der Waals surface area (Å²) in [5, 5.41) is 13.8. The zero-order valence-electron chi connectivity index (χ0n) is 18.7. The second-order valence-electron chi connectivity index (χ2n) is 6.75. The van der Waals surface area contributed by atoms with Gasteiger partial charge in [0.1, 0.15) is 5.82 Å². The molecule has 7 nitrogen and oxygen atoms in total. The van der Waals surface area contributed by atoms with Crippen LogP contribution in [0.4, 0.5) is 4.39 Å². The molecule has 0 unspecified atom stereocenters. The number of nitrogens with two attached hydrogens (primary N) is 1. The van der Waals surface area contributed by atoms with E-state index in [2.05, 4.69) is 20.6 Å². The van der Waals surface area contributed by atoms with Crippen molar-refractivity contribution in [2.24, 2.45) is 15.7 Å². The fourth-order valence-electron chi connectivity index (χ4n) is 2.76. The largest absolute Gasteiger partial charge is 0.393 e. The van der Waals surface area contributed by atoms with Crippen LogP contribution in [0.1, 0.15) is 44.7 Å². The lowest BCUT2D eigenvalue weighted by atomic mass is 10.0. The van der Waals surface area contributed by atoms with Crippen molar-refractivity contribution in [3.8, 4) is 0 Å². The molecule has 0 spiro atoms. The van der Waals surface area contributed by atoms with Crippen molar-refractivity contribution in [3.05, 3.63) is 59.3 Å². The maximum Gasteiger partial charge on any atom is 0.201 e. The Morgan fingerprint density at radius 1 is 1.32 bits per heavy atom. The number of aliphatic imine (C=N–C) groups is 2. The van der Waals surface area contributed by atoms with Crippen molar-refractivity contribution < 1.29 is 9.18 Å². The molecule has 1 aromatic rings. The first-order valence-electron chi connectivity index (χ1n) is 10.4. The minimum absolute atomic E-state index is 0.0506.